The maximum Gasteiger partial charge on any atom is 0.257 e. The molecule has 1 saturated heterocycles. The molecule has 1 fully saturated rings. The van der Waals surface area contributed by atoms with Crippen LogP contribution in [-0.4, -0.2) is 51.9 Å². The Labute approximate surface area is 183 Å². The second-order valence-electron chi connectivity index (χ2n) is 7.43. The molecule has 160 valence electrons. The number of nitrogens with one attached hydrogen (secondary N) is 1. The van der Waals surface area contributed by atoms with Gasteiger partial charge in [-0.25, -0.2) is 14.4 Å². The standard InChI is InChI=1S/C22H21ClFN5O2/c1-13-14(2)26-20(27-21(13)30)15-3-6-19(25-12-15)28-7-9-29(10-8-28)22(31)17-11-16(23)4-5-18(17)24/h3-6,11-12H,7-10H2,1-2H3,(H,26,27,30). The molecule has 31 heavy (non-hydrogen) atoms. The lowest BCUT2D eigenvalue weighted by atomic mass is 10.1. The van der Waals surface area contributed by atoms with Crippen LogP contribution in [0, 0.1) is 19.7 Å². The predicted molar refractivity (Wildman–Crippen MR) is 117 cm³/mol. The fraction of sp³-hybridized carbons (Fsp3) is 0.273. The molecular formula is C22H21ClFN5O2. The van der Waals surface area contributed by atoms with Crippen molar-refractivity contribution in [1.29, 1.82) is 0 Å². The fourth-order valence-electron chi connectivity index (χ4n) is 3.47. The number of anilines is 1. The molecule has 3 heterocycles. The van der Waals surface area contributed by atoms with Crippen molar-refractivity contribution < 1.29 is 9.18 Å². The number of rotatable bonds is 3. The Kier molecular flexibility index (Phi) is 5.73. The number of halogens is 2. The summed E-state index contributed by atoms with van der Waals surface area (Å²) in [5.74, 6) is 0.293. The van der Waals surface area contributed by atoms with Gasteiger partial charge in [0.1, 0.15) is 17.5 Å². The van der Waals surface area contributed by atoms with Gasteiger partial charge in [-0.05, 0) is 44.2 Å². The Hall–Kier alpha value is -3.26. The van der Waals surface area contributed by atoms with Crippen molar-refractivity contribution in [2.24, 2.45) is 0 Å². The Morgan fingerprint density at radius 2 is 1.87 bits per heavy atom. The van der Waals surface area contributed by atoms with Gasteiger partial charge in [0, 0.05) is 54.2 Å². The zero-order valence-electron chi connectivity index (χ0n) is 17.2. The molecule has 1 aliphatic heterocycles. The summed E-state index contributed by atoms with van der Waals surface area (Å²) in [6, 6.07) is 7.70. The van der Waals surface area contributed by atoms with E-state index in [1.165, 1.54) is 18.2 Å². The highest BCUT2D eigenvalue weighted by Crippen LogP contribution is 2.21. The summed E-state index contributed by atoms with van der Waals surface area (Å²) < 4.78 is 14.0. The molecule has 1 aromatic carbocycles. The lowest BCUT2D eigenvalue weighted by Crippen LogP contribution is -2.49. The van der Waals surface area contributed by atoms with Crippen LogP contribution in [0.25, 0.3) is 11.4 Å². The van der Waals surface area contributed by atoms with E-state index in [-0.39, 0.29) is 17.0 Å². The predicted octanol–water partition coefficient (Wildman–Crippen LogP) is 3.20. The minimum Gasteiger partial charge on any atom is -0.353 e. The maximum atomic E-state index is 14.0. The minimum atomic E-state index is -0.577. The van der Waals surface area contributed by atoms with Crippen LogP contribution in [-0.2, 0) is 0 Å². The highest BCUT2D eigenvalue weighted by Gasteiger charge is 2.25. The number of aromatic nitrogens is 3. The molecule has 0 bridgehead atoms. The number of carbonyl (C=O) groups is 1. The molecule has 0 aliphatic carbocycles. The number of amides is 1. The summed E-state index contributed by atoms with van der Waals surface area (Å²) >= 11 is 5.91. The highest BCUT2D eigenvalue weighted by atomic mass is 35.5. The molecule has 0 saturated carbocycles. The van der Waals surface area contributed by atoms with E-state index < -0.39 is 5.82 Å². The molecule has 4 rings (SSSR count). The third kappa shape index (κ3) is 4.29. The van der Waals surface area contributed by atoms with Gasteiger partial charge in [0.15, 0.2) is 0 Å². The van der Waals surface area contributed by atoms with Gasteiger partial charge in [-0.15, -0.1) is 0 Å². The number of pyridine rings is 1. The van der Waals surface area contributed by atoms with E-state index in [1.807, 2.05) is 12.1 Å². The number of benzene rings is 1. The number of hydrogen-bond acceptors (Lipinski definition) is 5. The topological polar surface area (TPSA) is 82.2 Å². The Bertz CT molecular complexity index is 1190. The van der Waals surface area contributed by atoms with Crippen molar-refractivity contribution in [2.45, 2.75) is 13.8 Å². The number of nitrogens with zero attached hydrogens (tertiary/aromatic N) is 4. The SMILES string of the molecule is Cc1nc(-c2ccc(N3CCN(C(=O)c4cc(Cl)ccc4F)CC3)nc2)[nH]c(=O)c1C. The molecule has 0 unspecified atom stereocenters. The smallest absolute Gasteiger partial charge is 0.257 e. The van der Waals surface area contributed by atoms with Crippen LogP contribution in [0.2, 0.25) is 5.02 Å². The molecule has 0 spiro atoms. The number of hydrogen-bond donors (Lipinski definition) is 1. The number of aryl methyl sites for hydroxylation is 1. The first-order valence-corrected chi connectivity index (χ1v) is 10.2. The third-order valence-electron chi connectivity index (χ3n) is 5.47. The van der Waals surface area contributed by atoms with Gasteiger partial charge in [0.05, 0.1) is 5.56 Å². The highest BCUT2D eigenvalue weighted by molar-refractivity contribution is 6.31. The van der Waals surface area contributed by atoms with E-state index in [9.17, 15) is 14.0 Å². The molecule has 3 aromatic rings. The van der Waals surface area contributed by atoms with Gasteiger partial charge in [-0.3, -0.25) is 9.59 Å². The van der Waals surface area contributed by atoms with Crippen molar-refractivity contribution in [3.63, 3.8) is 0 Å². The summed E-state index contributed by atoms with van der Waals surface area (Å²) in [5, 5.41) is 0.326. The van der Waals surface area contributed by atoms with Gasteiger partial charge in [0.25, 0.3) is 11.5 Å². The first kappa shape index (κ1) is 21.0. The Morgan fingerprint density at radius 1 is 1.13 bits per heavy atom. The quantitative estimate of drug-likeness (QED) is 0.675. The molecular weight excluding hydrogens is 421 g/mol. The van der Waals surface area contributed by atoms with E-state index in [1.54, 1.807) is 24.9 Å². The average Bonchev–Trinajstić information content (AvgIpc) is 2.78. The lowest BCUT2D eigenvalue weighted by molar-refractivity contribution is 0.0742. The van der Waals surface area contributed by atoms with Gasteiger partial charge in [-0.1, -0.05) is 11.6 Å². The Morgan fingerprint density at radius 3 is 2.52 bits per heavy atom. The second kappa shape index (κ2) is 8.47. The number of carbonyl (C=O) groups excluding carboxylic acids is 1. The van der Waals surface area contributed by atoms with Gasteiger partial charge in [-0.2, -0.15) is 0 Å². The van der Waals surface area contributed by atoms with Crippen LogP contribution in [0.5, 0.6) is 0 Å². The lowest BCUT2D eigenvalue weighted by Gasteiger charge is -2.35. The van der Waals surface area contributed by atoms with Crippen molar-refractivity contribution in [3.05, 3.63) is 74.5 Å². The molecule has 0 radical (unpaired) electrons. The molecule has 1 amide bonds. The summed E-state index contributed by atoms with van der Waals surface area (Å²) in [4.78, 5) is 40.0. The van der Waals surface area contributed by atoms with E-state index in [4.69, 9.17) is 11.6 Å². The molecule has 1 N–H and O–H groups in total. The zero-order valence-corrected chi connectivity index (χ0v) is 17.9. The normalized spacial score (nSPS) is 14.1. The fourth-order valence-corrected chi connectivity index (χ4v) is 3.64. The van der Waals surface area contributed by atoms with Gasteiger partial charge < -0.3 is 14.8 Å². The van der Waals surface area contributed by atoms with E-state index >= 15 is 0 Å². The molecule has 7 nitrogen and oxygen atoms in total. The van der Waals surface area contributed by atoms with Crippen molar-refractivity contribution in [1.82, 2.24) is 19.9 Å². The summed E-state index contributed by atoms with van der Waals surface area (Å²) in [6.07, 6.45) is 1.67. The Balaban J connectivity index is 1.44. The van der Waals surface area contributed by atoms with E-state index in [2.05, 4.69) is 19.9 Å². The van der Waals surface area contributed by atoms with Crippen LogP contribution in [0.15, 0.2) is 41.3 Å². The first-order valence-electron chi connectivity index (χ1n) is 9.86. The third-order valence-corrected chi connectivity index (χ3v) is 5.70. The summed E-state index contributed by atoms with van der Waals surface area (Å²) in [6.45, 7) is 5.56. The second-order valence-corrected chi connectivity index (χ2v) is 7.87. The van der Waals surface area contributed by atoms with Crippen molar-refractivity contribution >= 4 is 23.3 Å². The molecule has 0 atom stereocenters. The van der Waals surface area contributed by atoms with Crippen molar-refractivity contribution in [3.8, 4) is 11.4 Å². The monoisotopic (exact) mass is 441 g/mol. The van der Waals surface area contributed by atoms with Gasteiger partial charge >= 0.3 is 0 Å². The van der Waals surface area contributed by atoms with Crippen molar-refractivity contribution in [2.75, 3.05) is 31.1 Å². The van der Waals surface area contributed by atoms with E-state index in [0.29, 0.717) is 53.8 Å². The molecule has 9 heteroatoms. The maximum absolute atomic E-state index is 14.0. The van der Waals surface area contributed by atoms with Gasteiger partial charge in [0.2, 0.25) is 0 Å². The first-order chi connectivity index (χ1) is 14.8. The van der Waals surface area contributed by atoms with Crippen LogP contribution < -0.4 is 10.5 Å². The average molecular weight is 442 g/mol. The molecule has 1 aliphatic rings. The van der Waals surface area contributed by atoms with E-state index in [0.717, 1.165) is 5.82 Å². The number of H-pyrrole nitrogens is 1. The number of aromatic amines is 1. The van der Waals surface area contributed by atoms with Crippen LogP contribution in [0.3, 0.4) is 0 Å². The minimum absolute atomic E-state index is 0.0155. The van der Waals surface area contributed by atoms with Crippen LogP contribution in [0.1, 0.15) is 21.6 Å². The summed E-state index contributed by atoms with van der Waals surface area (Å²) in [5.41, 5.74) is 1.81. The largest absolute Gasteiger partial charge is 0.353 e. The number of piperazine rings is 1. The zero-order chi connectivity index (χ0) is 22.1. The van der Waals surface area contributed by atoms with Crippen LogP contribution in [0.4, 0.5) is 10.2 Å². The molecule has 2 aromatic heterocycles. The summed E-state index contributed by atoms with van der Waals surface area (Å²) in [7, 11) is 0. The van der Waals surface area contributed by atoms with Crippen LogP contribution >= 0.6 is 11.6 Å².